The SMILES string of the molecule is O=C(c1cc2c(s1)CCCCCC2)N1CCN(C(=O)c2ccccc2O)CC1. The largest absolute Gasteiger partial charge is 0.507 e. The second-order valence-electron chi connectivity index (χ2n) is 7.57. The van der Waals surface area contributed by atoms with Gasteiger partial charge in [0.15, 0.2) is 0 Å². The molecule has 0 spiro atoms. The summed E-state index contributed by atoms with van der Waals surface area (Å²) in [7, 11) is 0. The van der Waals surface area contributed by atoms with Crippen LogP contribution in [0.15, 0.2) is 30.3 Å². The Morgan fingerprint density at radius 3 is 2.21 bits per heavy atom. The molecule has 2 aromatic rings. The summed E-state index contributed by atoms with van der Waals surface area (Å²) in [5, 5.41) is 9.91. The molecule has 1 aliphatic carbocycles. The number of benzene rings is 1. The maximum Gasteiger partial charge on any atom is 0.264 e. The molecule has 1 saturated heterocycles. The lowest BCUT2D eigenvalue weighted by Gasteiger charge is -2.34. The van der Waals surface area contributed by atoms with E-state index >= 15 is 0 Å². The van der Waals surface area contributed by atoms with Crippen LogP contribution in [0.1, 0.15) is 56.2 Å². The van der Waals surface area contributed by atoms with E-state index in [4.69, 9.17) is 0 Å². The molecule has 1 aliphatic heterocycles. The van der Waals surface area contributed by atoms with Gasteiger partial charge in [0.25, 0.3) is 11.8 Å². The van der Waals surface area contributed by atoms with Gasteiger partial charge < -0.3 is 14.9 Å². The quantitative estimate of drug-likeness (QED) is 0.839. The van der Waals surface area contributed by atoms with Crippen molar-refractivity contribution < 1.29 is 14.7 Å². The van der Waals surface area contributed by atoms with Gasteiger partial charge >= 0.3 is 0 Å². The number of fused-ring (bicyclic) bond motifs is 1. The van der Waals surface area contributed by atoms with Gasteiger partial charge in [-0.15, -0.1) is 11.3 Å². The van der Waals surface area contributed by atoms with Gasteiger partial charge in [-0.05, 0) is 49.4 Å². The first kappa shape index (κ1) is 19.0. The number of rotatable bonds is 2. The summed E-state index contributed by atoms with van der Waals surface area (Å²) < 4.78 is 0. The van der Waals surface area contributed by atoms with Gasteiger partial charge in [0.05, 0.1) is 10.4 Å². The highest BCUT2D eigenvalue weighted by Gasteiger charge is 2.28. The van der Waals surface area contributed by atoms with Gasteiger partial charge in [0.1, 0.15) is 5.75 Å². The van der Waals surface area contributed by atoms with Crippen molar-refractivity contribution in [2.45, 2.75) is 38.5 Å². The van der Waals surface area contributed by atoms with E-state index in [9.17, 15) is 14.7 Å². The van der Waals surface area contributed by atoms with Crippen molar-refractivity contribution >= 4 is 23.2 Å². The molecule has 0 radical (unpaired) electrons. The summed E-state index contributed by atoms with van der Waals surface area (Å²) in [6, 6.07) is 8.71. The third kappa shape index (κ3) is 3.92. The number of phenolic OH excluding ortho intramolecular Hbond substituents is 1. The normalized spacial score (nSPS) is 17.6. The number of piperazine rings is 1. The fraction of sp³-hybridized carbons (Fsp3) is 0.455. The van der Waals surface area contributed by atoms with Gasteiger partial charge in [0, 0.05) is 31.1 Å². The van der Waals surface area contributed by atoms with E-state index in [2.05, 4.69) is 6.07 Å². The van der Waals surface area contributed by atoms with Crippen LogP contribution in [0.2, 0.25) is 0 Å². The Balaban J connectivity index is 1.40. The summed E-state index contributed by atoms with van der Waals surface area (Å²) in [6.07, 6.45) is 7.18. The van der Waals surface area contributed by atoms with E-state index in [1.165, 1.54) is 42.2 Å². The molecule has 2 amide bonds. The number of hydrogen-bond acceptors (Lipinski definition) is 4. The van der Waals surface area contributed by atoms with E-state index in [0.717, 1.165) is 17.7 Å². The highest BCUT2D eigenvalue weighted by molar-refractivity contribution is 7.14. The minimum absolute atomic E-state index is 0.00186. The molecule has 5 nitrogen and oxygen atoms in total. The molecular weight excluding hydrogens is 372 g/mol. The molecule has 1 aromatic heterocycles. The molecule has 1 N–H and O–H groups in total. The Bertz CT molecular complexity index is 843. The lowest BCUT2D eigenvalue weighted by molar-refractivity contribution is 0.0536. The van der Waals surface area contributed by atoms with Crippen LogP contribution < -0.4 is 0 Å². The molecular formula is C22H26N2O3S. The highest BCUT2D eigenvalue weighted by Crippen LogP contribution is 2.29. The fourth-order valence-corrected chi connectivity index (χ4v) is 5.26. The summed E-state index contributed by atoms with van der Waals surface area (Å²) in [5.74, 6) is -0.0855. The molecule has 148 valence electrons. The number of thiophene rings is 1. The van der Waals surface area contributed by atoms with Crippen molar-refractivity contribution in [1.82, 2.24) is 9.80 Å². The number of aromatic hydroxyl groups is 1. The van der Waals surface area contributed by atoms with Gasteiger partial charge in [-0.2, -0.15) is 0 Å². The van der Waals surface area contributed by atoms with Crippen LogP contribution in [0.4, 0.5) is 0 Å². The minimum atomic E-state index is -0.177. The van der Waals surface area contributed by atoms with Gasteiger partial charge in [-0.25, -0.2) is 0 Å². The van der Waals surface area contributed by atoms with Crippen molar-refractivity contribution in [3.05, 3.63) is 51.2 Å². The smallest absolute Gasteiger partial charge is 0.264 e. The Morgan fingerprint density at radius 2 is 1.50 bits per heavy atom. The third-order valence-electron chi connectivity index (χ3n) is 5.70. The molecule has 1 fully saturated rings. The van der Waals surface area contributed by atoms with Crippen LogP contribution in [0.25, 0.3) is 0 Å². The molecule has 4 rings (SSSR count). The van der Waals surface area contributed by atoms with Crippen LogP contribution in [-0.2, 0) is 12.8 Å². The molecule has 0 atom stereocenters. The van der Waals surface area contributed by atoms with E-state index in [0.29, 0.717) is 31.7 Å². The molecule has 0 unspecified atom stereocenters. The Morgan fingerprint density at radius 1 is 0.857 bits per heavy atom. The maximum absolute atomic E-state index is 13.0. The number of amides is 2. The first-order valence-electron chi connectivity index (χ1n) is 10.1. The predicted molar refractivity (Wildman–Crippen MR) is 110 cm³/mol. The van der Waals surface area contributed by atoms with E-state index in [1.807, 2.05) is 4.90 Å². The molecule has 28 heavy (non-hydrogen) atoms. The molecule has 0 saturated carbocycles. The number of phenols is 1. The molecule has 0 bridgehead atoms. The van der Waals surface area contributed by atoms with Crippen molar-refractivity contribution in [2.75, 3.05) is 26.2 Å². The zero-order valence-corrected chi connectivity index (χ0v) is 16.8. The third-order valence-corrected chi connectivity index (χ3v) is 6.92. The molecule has 1 aromatic carbocycles. The number of para-hydroxylation sites is 1. The van der Waals surface area contributed by atoms with Crippen molar-refractivity contribution in [3.8, 4) is 5.75 Å². The maximum atomic E-state index is 13.0. The van der Waals surface area contributed by atoms with Crippen molar-refractivity contribution in [3.63, 3.8) is 0 Å². The number of nitrogens with zero attached hydrogens (tertiary/aromatic N) is 2. The van der Waals surface area contributed by atoms with Crippen LogP contribution in [-0.4, -0.2) is 52.9 Å². The van der Waals surface area contributed by atoms with Crippen molar-refractivity contribution in [2.24, 2.45) is 0 Å². The van der Waals surface area contributed by atoms with Crippen LogP contribution in [0.3, 0.4) is 0 Å². The van der Waals surface area contributed by atoms with Gasteiger partial charge in [0.2, 0.25) is 0 Å². The van der Waals surface area contributed by atoms with Gasteiger partial charge in [-0.1, -0.05) is 25.0 Å². The van der Waals surface area contributed by atoms with Crippen molar-refractivity contribution in [1.29, 1.82) is 0 Å². The molecule has 2 aliphatic rings. The predicted octanol–water partition coefficient (Wildman–Crippen LogP) is 3.71. The van der Waals surface area contributed by atoms with Crippen LogP contribution in [0.5, 0.6) is 5.75 Å². The second-order valence-corrected chi connectivity index (χ2v) is 8.71. The average Bonchev–Trinajstić information content (AvgIpc) is 3.09. The topological polar surface area (TPSA) is 60.9 Å². The van der Waals surface area contributed by atoms with Crippen LogP contribution in [0, 0.1) is 0 Å². The van der Waals surface area contributed by atoms with E-state index in [1.54, 1.807) is 34.4 Å². The average molecular weight is 399 g/mol. The number of hydrogen-bond donors (Lipinski definition) is 1. The van der Waals surface area contributed by atoms with E-state index in [-0.39, 0.29) is 17.6 Å². The summed E-state index contributed by atoms with van der Waals surface area (Å²) in [5.41, 5.74) is 1.68. The second kappa shape index (κ2) is 8.35. The Labute approximate surface area is 169 Å². The zero-order valence-electron chi connectivity index (χ0n) is 16.0. The first-order valence-corrected chi connectivity index (χ1v) is 10.9. The standard InChI is InChI=1S/C22H26N2O3S/c25-18-9-6-5-8-17(18)21(26)23-11-13-24(14-12-23)22(27)20-15-16-7-3-1-2-4-10-19(16)28-20/h5-6,8-9,15,25H,1-4,7,10-14H2. The summed E-state index contributed by atoms with van der Waals surface area (Å²) in [4.78, 5) is 31.4. The Hall–Kier alpha value is -2.34. The lowest BCUT2D eigenvalue weighted by atomic mass is 10.00. The first-order chi connectivity index (χ1) is 13.6. The highest BCUT2D eigenvalue weighted by atomic mass is 32.1. The Kier molecular flexibility index (Phi) is 5.67. The molecule has 2 heterocycles. The fourth-order valence-electron chi connectivity index (χ4n) is 4.04. The lowest BCUT2D eigenvalue weighted by Crippen LogP contribution is -2.50. The molecule has 6 heteroatoms. The van der Waals surface area contributed by atoms with E-state index < -0.39 is 0 Å². The zero-order chi connectivity index (χ0) is 19.5. The monoisotopic (exact) mass is 398 g/mol. The summed E-state index contributed by atoms with van der Waals surface area (Å²) >= 11 is 1.66. The summed E-state index contributed by atoms with van der Waals surface area (Å²) in [6.45, 7) is 2.04. The number of carbonyl (C=O) groups is 2. The number of aryl methyl sites for hydroxylation is 2. The number of carbonyl (C=O) groups excluding carboxylic acids is 2. The minimum Gasteiger partial charge on any atom is -0.507 e. The van der Waals surface area contributed by atoms with Crippen LogP contribution >= 0.6 is 11.3 Å². The van der Waals surface area contributed by atoms with Gasteiger partial charge in [-0.3, -0.25) is 9.59 Å².